The van der Waals surface area contributed by atoms with Crippen molar-refractivity contribution in [2.75, 3.05) is 36.4 Å². The number of non-ortho nitro benzene ring substituents is 1. The summed E-state index contributed by atoms with van der Waals surface area (Å²) in [5.41, 5.74) is 1.30. The molecule has 2 amide bonds. The van der Waals surface area contributed by atoms with Crippen LogP contribution in [0.4, 0.5) is 17.1 Å². The number of nitrogens with zero attached hydrogens (tertiary/aromatic N) is 3. The van der Waals surface area contributed by atoms with Gasteiger partial charge in [0, 0.05) is 56.6 Å². The number of anilines is 2. The lowest BCUT2D eigenvalue weighted by atomic mass is 10.2. The standard InChI is InChI=1S/C21H25N5O6S/c1-15(23-33(31,32)20-9-3-17(4-10-20)22-16(2)27)21(28)25-13-11-24(12-14-25)18-5-7-19(8-6-18)26(29)30/h3-10,15,23H,11-14H2,1-2H3,(H,22,27)/t15-/m0/s1. The Hall–Kier alpha value is -3.51. The van der Waals surface area contributed by atoms with Crippen molar-refractivity contribution in [2.24, 2.45) is 0 Å². The van der Waals surface area contributed by atoms with E-state index in [9.17, 15) is 28.1 Å². The Morgan fingerprint density at radius 3 is 2.09 bits per heavy atom. The molecule has 12 heteroatoms. The summed E-state index contributed by atoms with van der Waals surface area (Å²) in [6, 6.07) is 10.9. The predicted octanol–water partition coefficient (Wildman–Crippen LogP) is 1.57. The molecule has 2 aromatic carbocycles. The van der Waals surface area contributed by atoms with Crippen molar-refractivity contribution in [2.45, 2.75) is 24.8 Å². The number of rotatable bonds is 7. The van der Waals surface area contributed by atoms with Crippen LogP contribution in [0.5, 0.6) is 0 Å². The molecule has 1 aliphatic rings. The van der Waals surface area contributed by atoms with E-state index in [1.54, 1.807) is 17.0 Å². The molecule has 11 nitrogen and oxygen atoms in total. The highest BCUT2D eigenvalue weighted by Gasteiger charge is 2.28. The molecule has 0 aromatic heterocycles. The van der Waals surface area contributed by atoms with Crippen molar-refractivity contribution < 1.29 is 22.9 Å². The Labute approximate surface area is 191 Å². The summed E-state index contributed by atoms with van der Waals surface area (Å²) in [6.07, 6.45) is 0. The third-order valence-corrected chi connectivity index (χ3v) is 6.76. The summed E-state index contributed by atoms with van der Waals surface area (Å²) in [4.78, 5) is 37.8. The normalized spacial score (nSPS) is 15.1. The van der Waals surface area contributed by atoms with Crippen LogP contribution < -0.4 is 14.9 Å². The molecule has 0 bridgehead atoms. The van der Waals surface area contributed by atoms with Gasteiger partial charge in [-0.05, 0) is 43.3 Å². The molecule has 0 saturated carbocycles. The van der Waals surface area contributed by atoms with Crippen LogP contribution in [0.3, 0.4) is 0 Å². The van der Waals surface area contributed by atoms with E-state index in [1.807, 2.05) is 4.90 Å². The first-order chi connectivity index (χ1) is 15.6. The maximum Gasteiger partial charge on any atom is 0.269 e. The number of piperazine rings is 1. The highest BCUT2D eigenvalue weighted by Crippen LogP contribution is 2.21. The van der Waals surface area contributed by atoms with Gasteiger partial charge in [-0.25, -0.2) is 8.42 Å². The van der Waals surface area contributed by atoms with Gasteiger partial charge in [-0.1, -0.05) is 0 Å². The molecule has 33 heavy (non-hydrogen) atoms. The summed E-state index contributed by atoms with van der Waals surface area (Å²) >= 11 is 0. The number of carbonyl (C=O) groups excluding carboxylic acids is 2. The number of nitrogens with one attached hydrogen (secondary N) is 2. The van der Waals surface area contributed by atoms with Gasteiger partial charge in [0.05, 0.1) is 15.9 Å². The van der Waals surface area contributed by atoms with Gasteiger partial charge < -0.3 is 15.1 Å². The number of carbonyl (C=O) groups is 2. The van der Waals surface area contributed by atoms with E-state index in [4.69, 9.17) is 0 Å². The quantitative estimate of drug-likeness (QED) is 0.457. The van der Waals surface area contributed by atoms with E-state index in [0.717, 1.165) is 5.69 Å². The lowest BCUT2D eigenvalue weighted by Gasteiger charge is -2.37. The van der Waals surface area contributed by atoms with E-state index < -0.39 is 21.0 Å². The summed E-state index contributed by atoms with van der Waals surface area (Å²) in [7, 11) is -3.93. The van der Waals surface area contributed by atoms with Crippen molar-refractivity contribution in [3.05, 3.63) is 58.6 Å². The number of hydrogen-bond acceptors (Lipinski definition) is 7. The molecule has 2 N–H and O–H groups in total. The first-order valence-electron chi connectivity index (χ1n) is 10.2. The zero-order valence-corrected chi connectivity index (χ0v) is 19.0. The molecule has 0 spiro atoms. The number of nitro groups is 1. The van der Waals surface area contributed by atoms with Gasteiger partial charge in [0.2, 0.25) is 21.8 Å². The number of benzene rings is 2. The first kappa shape index (κ1) is 24.1. The van der Waals surface area contributed by atoms with Crippen molar-refractivity contribution in [1.82, 2.24) is 9.62 Å². The second-order valence-electron chi connectivity index (χ2n) is 7.63. The van der Waals surface area contributed by atoms with Crippen LogP contribution in [-0.2, 0) is 19.6 Å². The van der Waals surface area contributed by atoms with E-state index in [2.05, 4.69) is 10.0 Å². The monoisotopic (exact) mass is 475 g/mol. The summed E-state index contributed by atoms with van der Waals surface area (Å²) in [5.74, 6) is -0.603. The smallest absolute Gasteiger partial charge is 0.269 e. The van der Waals surface area contributed by atoms with Gasteiger partial charge in [-0.2, -0.15) is 4.72 Å². The van der Waals surface area contributed by atoms with Gasteiger partial charge in [-0.15, -0.1) is 0 Å². The lowest BCUT2D eigenvalue weighted by molar-refractivity contribution is -0.384. The molecule has 1 aliphatic heterocycles. The average molecular weight is 476 g/mol. The fraction of sp³-hybridized carbons (Fsp3) is 0.333. The average Bonchev–Trinajstić information content (AvgIpc) is 2.78. The van der Waals surface area contributed by atoms with Gasteiger partial charge in [0.25, 0.3) is 5.69 Å². The predicted molar refractivity (Wildman–Crippen MR) is 122 cm³/mol. The summed E-state index contributed by atoms with van der Waals surface area (Å²) < 4.78 is 27.7. The third-order valence-electron chi connectivity index (χ3n) is 5.20. The van der Waals surface area contributed by atoms with Crippen LogP contribution >= 0.6 is 0 Å². The third kappa shape index (κ3) is 6.05. The van der Waals surface area contributed by atoms with Crippen molar-refractivity contribution in [3.63, 3.8) is 0 Å². The number of nitro benzene ring substituents is 1. The van der Waals surface area contributed by atoms with Crippen LogP contribution in [-0.4, -0.2) is 62.3 Å². The molecule has 1 atom stereocenters. The number of sulfonamides is 1. The largest absolute Gasteiger partial charge is 0.368 e. The molecule has 3 rings (SSSR count). The Kier molecular flexibility index (Phi) is 7.29. The zero-order valence-electron chi connectivity index (χ0n) is 18.2. The second-order valence-corrected chi connectivity index (χ2v) is 9.35. The van der Waals surface area contributed by atoms with Crippen LogP contribution in [0.25, 0.3) is 0 Å². The van der Waals surface area contributed by atoms with E-state index in [-0.39, 0.29) is 22.4 Å². The van der Waals surface area contributed by atoms with Crippen LogP contribution in [0, 0.1) is 10.1 Å². The molecular weight excluding hydrogens is 450 g/mol. The van der Waals surface area contributed by atoms with Crippen LogP contribution in [0.1, 0.15) is 13.8 Å². The zero-order chi connectivity index (χ0) is 24.2. The van der Waals surface area contributed by atoms with E-state index in [0.29, 0.717) is 31.9 Å². The minimum absolute atomic E-state index is 0.0124. The van der Waals surface area contributed by atoms with E-state index in [1.165, 1.54) is 50.2 Å². The molecule has 1 saturated heterocycles. The maximum atomic E-state index is 12.8. The molecule has 1 heterocycles. The van der Waals surface area contributed by atoms with Crippen molar-refractivity contribution >= 4 is 38.9 Å². The highest BCUT2D eigenvalue weighted by molar-refractivity contribution is 7.89. The van der Waals surface area contributed by atoms with Crippen molar-refractivity contribution in [3.8, 4) is 0 Å². The molecule has 0 aliphatic carbocycles. The molecule has 0 radical (unpaired) electrons. The van der Waals surface area contributed by atoms with Gasteiger partial charge >= 0.3 is 0 Å². The Morgan fingerprint density at radius 2 is 1.58 bits per heavy atom. The van der Waals surface area contributed by atoms with Crippen LogP contribution in [0.15, 0.2) is 53.4 Å². The van der Waals surface area contributed by atoms with Crippen LogP contribution in [0.2, 0.25) is 0 Å². The fourth-order valence-electron chi connectivity index (χ4n) is 3.52. The first-order valence-corrected chi connectivity index (χ1v) is 11.7. The molecule has 2 aromatic rings. The number of hydrogen-bond donors (Lipinski definition) is 2. The number of amides is 2. The Bertz CT molecular complexity index is 1130. The SMILES string of the molecule is CC(=O)Nc1ccc(S(=O)(=O)N[C@@H](C)C(=O)N2CCN(c3ccc([N+](=O)[O-])cc3)CC2)cc1. The summed E-state index contributed by atoms with van der Waals surface area (Å²) in [6.45, 7) is 4.68. The molecule has 176 valence electrons. The topological polar surface area (TPSA) is 142 Å². The van der Waals surface area contributed by atoms with Crippen molar-refractivity contribution in [1.29, 1.82) is 0 Å². The molecule has 1 fully saturated rings. The van der Waals surface area contributed by atoms with Gasteiger partial charge in [0.15, 0.2) is 0 Å². The molecular formula is C21H25N5O6S. The minimum atomic E-state index is -3.93. The molecule has 0 unspecified atom stereocenters. The second kappa shape index (κ2) is 9.96. The van der Waals surface area contributed by atoms with E-state index >= 15 is 0 Å². The van der Waals surface area contributed by atoms with Gasteiger partial charge in [-0.3, -0.25) is 19.7 Å². The maximum absolute atomic E-state index is 12.8. The van der Waals surface area contributed by atoms with Gasteiger partial charge in [0.1, 0.15) is 0 Å². The summed E-state index contributed by atoms with van der Waals surface area (Å²) in [5, 5.41) is 13.4. The Balaban J connectivity index is 1.56. The minimum Gasteiger partial charge on any atom is -0.368 e. The Morgan fingerprint density at radius 1 is 1.00 bits per heavy atom. The highest BCUT2D eigenvalue weighted by atomic mass is 32.2. The lowest BCUT2D eigenvalue weighted by Crippen LogP contribution is -2.54. The fourth-order valence-corrected chi connectivity index (χ4v) is 4.71.